The molecule has 5 rings (SSSR count). The van der Waals surface area contributed by atoms with Gasteiger partial charge in [-0.1, -0.05) is 6.07 Å². The number of aromatic amines is 1. The number of pyridine rings is 1. The van der Waals surface area contributed by atoms with E-state index in [-0.39, 0.29) is 17.6 Å². The summed E-state index contributed by atoms with van der Waals surface area (Å²) in [7, 11) is 0. The number of aryl methyl sites for hydroxylation is 1. The van der Waals surface area contributed by atoms with Crippen LogP contribution in [0.3, 0.4) is 0 Å². The molecule has 30 heavy (non-hydrogen) atoms. The maximum atomic E-state index is 14.4. The van der Waals surface area contributed by atoms with E-state index in [0.29, 0.717) is 22.3 Å². The van der Waals surface area contributed by atoms with Gasteiger partial charge in [-0.2, -0.15) is 0 Å². The second kappa shape index (κ2) is 6.81. The number of hydrogen-bond donors (Lipinski definition) is 1. The zero-order valence-electron chi connectivity index (χ0n) is 15.5. The van der Waals surface area contributed by atoms with Gasteiger partial charge in [0.05, 0.1) is 33.7 Å². The number of aromatic nitrogens is 4. The van der Waals surface area contributed by atoms with Crippen LogP contribution in [0.2, 0.25) is 0 Å². The number of imidazole rings is 1. The van der Waals surface area contributed by atoms with Crippen molar-refractivity contribution in [3.05, 3.63) is 81.0 Å². The molecule has 0 fully saturated rings. The van der Waals surface area contributed by atoms with Gasteiger partial charge < -0.3 is 9.55 Å². The van der Waals surface area contributed by atoms with E-state index >= 15 is 0 Å². The van der Waals surface area contributed by atoms with E-state index in [9.17, 15) is 18.0 Å². The van der Waals surface area contributed by atoms with Crippen LogP contribution >= 0.6 is 11.3 Å². The molecule has 2 aromatic carbocycles. The first-order valence-electron chi connectivity index (χ1n) is 8.99. The minimum absolute atomic E-state index is 0.109. The van der Waals surface area contributed by atoms with Gasteiger partial charge in [-0.25, -0.2) is 23.1 Å². The number of nitrogens with zero attached hydrogens (tertiary/aromatic N) is 3. The van der Waals surface area contributed by atoms with E-state index in [1.165, 1.54) is 29.5 Å². The standard InChI is InChI=1S/C21H13F3N4OS/c1-10-20(30-9-25-10)21-27-19-14(23)3-2-4-15(19)28(21)8-11-7-16(29)26-18-12(11)5-6-13(22)17(18)24/h2-7,9H,8H2,1H3,(H,26,29). The van der Waals surface area contributed by atoms with E-state index < -0.39 is 23.0 Å². The largest absolute Gasteiger partial charge is 0.319 e. The molecule has 0 aliphatic carbocycles. The van der Waals surface area contributed by atoms with Gasteiger partial charge in [0, 0.05) is 11.5 Å². The molecule has 0 aliphatic heterocycles. The molecule has 0 spiro atoms. The first-order valence-corrected chi connectivity index (χ1v) is 9.87. The van der Waals surface area contributed by atoms with E-state index in [1.807, 2.05) is 6.92 Å². The second-order valence-corrected chi connectivity index (χ2v) is 7.69. The molecule has 5 aromatic rings. The maximum Gasteiger partial charge on any atom is 0.248 e. The van der Waals surface area contributed by atoms with Crippen molar-refractivity contribution in [2.75, 3.05) is 0 Å². The molecule has 0 bridgehead atoms. The maximum absolute atomic E-state index is 14.4. The molecule has 5 nitrogen and oxygen atoms in total. The van der Waals surface area contributed by atoms with E-state index in [2.05, 4.69) is 15.0 Å². The number of halogens is 3. The summed E-state index contributed by atoms with van der Waals surface area (Å²) in [4.78, 5) is 24.0. The van der Waals surface area contributed by atoms with Crippen LogP contribution in [0.25, 0.3) is 32.6 Å². The topological polar surface area (TPSA) is 63.6 Å². The Morgan fingerprint density at radius 3 is 2.73 bits per heavy atom. The van der Waals surface area contributed by atoms with Crippen LogP contribution in [0.4, 0.5) is 13.2 Å². The number of thiazole rings is 1. The van der Waals surface area contributed by atoms with Crippen molar-refractivity contribution >= 4 is 33.3 Å². The van der Waals surface area contributed by atoms with Crippen molar-refractivity contribution in [2.24, 2.45) is 0 Å². The van der Waals surface area contributed by atoms with Crippen LogP contribution in [-0.4, -0.2) is 19.5 Å². The van der Waals surface area contributed by atoms with Gasteiger partial charge in [0.15, 0.2) is 23.3 Å². The van der Waals surface area contributed by atoms with Crippen molar-refractivity contribution in [1.29, 1.82) is 0 Å². The summed E-state index contributed by atoms with van der Waals surface area (Å²) < 4.78 is 44.2. The van der Waals surface area contributed by atoms with Gasteiger partial charge in [-0.3, -0.25) is 4.79 Å². The summed E-state index contributed by atoms with van der Waals surface area (Å²) in [6.45, 7) is 1.94. The van der Waals surface area contributed by atoms with E-state index in [1.54, 1.807) is 22.2 Å². The fraction of sp³-hybridized carbons (Fsp3) is 0.0952. The molecular formula is C21H13F3N4OS. The number of rotatable bonds is 3. The predicted octanol–water partition coefficient (Wildman–Crippen LogP) is 4.78. The SMILES string of the molecule is Cc1ncsc1-c1nc2c(F)cccc2n1Cc1cc(=O)[nH]c2c(F)c(F)ccc12. The predicted molar refractivity (Wildman–Crippen MR) is 109 cm³/mol. The summed E-state index contributed by atoms with van der Waals surface area (Å²) in [5.41, 5.74) is 2.81. The normalized spacial score (nSPS) is 11.6. The zero-order valence-corrected chi connectivity index (χ0v) is 16.4. The zero-order chi connectivity index (χ0) is 21.0. The lowest BCUT2D eigenvalue weighted by Crippen LogP contribution is -2.11. The van der Waals surface area contributed by atoms with Crippen molar-refractivity contribution in [3.63, 3.8) is 0 Å². The quantitative estimate of drug-likeness (QED) is 0.452. The molecule has 0 saturated carbocycles. The monoisotopic (exact) mass is 426 g/mol. The Balaban J connectivity index is 1.79. The highest BCUT2D eigenvalue weighted by molar-refractivity contribution is 7.13. The summed E-state index contributed by atoms with van der Waals surface area (Å²) in [6, 6.07) is 8.37. The van der Waals surface area contributed by atoms with Crippen molar-refractivity contribution < 1.29 is 13.2 Å². The highest BCUT2D eigenvalue weighted by Gasteiger charge is 2.20. The molecule has 1 N–H and O–H groups in total. The third kappa shape index (κ3) is 2.81. The fourth-order valence-electron chi connectivity index (χ4n) is 3.60. The lowest BCUT2D eigenvalue weighted by atomic mass is 10.1. The average molecular weight is 426 g/mol. The smallest absolute Gasteiger partial charge is 0.248 e. The summed E-state index contributed by atoms with van der Waals surface area (Å²) >= 11 is 1.37. The number of H-pyrrole nitrogens is 1. The van der Waals surface area contributed by atoms with Crippen LogP contribution in [0, 0.1) is 24.4 Å². The Morgan fingerprint density at radius 1 is 1.13 bits per heavy atom. The first-order chi connectivity index (χ1) is 14.4. The minimum Gasteiger partial charge on any atom is -0.319 e. The lowest BCUT2D eigenvalue weighted by molar-refractivity contribution is 0.515. The third-order valence-corrected chi connectivity index (χ3v) is 5.93. The molecule has 0 saturated heterocycles. The molecular weight excluding hydrogens is 413 g/mol. The Morgan fingerprint density at radius 2 is 1.97 bits per heavy atom. The lowest BCUT2D eigenvalue weighted by Gasteiger charge is -2.12. The van der Waals surface area contributed by atoms with Crippen LogP contribution in [0.5, 0.6) is 0 Å². The Labute approximate surface area is 171 Å². The minimum atomic E-state index is -1.12. The highest BCUT2D eigenvalue weighted by atomic mass is 32.1. The molecule has 0 radical (unpaired) electrons. The van der Waals surface area contributed by atoms with Crippen molar-refractivity contribution in [1.82, 2.24) is 19.5 Å². The van der Waals surface area contributed by atoms with Crippen LogP contribution < -0.4 is 5.56 Å². The first kappa shape index (κ1) is 18.6. The number of fused-ring (bicyclic) bond motifs is 2. The second-order valence-electron chi connectivity index (χ2n) is 6.84. The van der Waals surface area contributed by atoms with Gasteiger partial charge in [-0.05, 0) is 36.8 Å². The summed E-state index contributed by atoms with van der Waals surface area (Å²) in [5, 5.41) is 0.360. The molecule has 0 unspecified atom stereocenters. The highest BCUT2D eigenvalue weighted by Crippen LogP contribution is 2.32. The van der Waals surface area contributed by atoms with Crippen LogP contribution in [0.15, 0.2) is 46.7 Å². The van der Waals surface area contributed by atoms with Crippen LogP contribution in [0.1, 0.15) is 11.3 Å². The third-order valence-electron chi connectivity index (χ3n) is 5.00. The van der Waals surface area contributed by atoms with Crippen LogP contribution in [-0.2, 0) is 6.54 Å². The van der Waals surface area contributed by atoms with Crippen molar-refractivity contribution in [3.8, 4) is 10.7 Å². The number of hydrogen-bond acceptors (Lipinski definition) is 4. The molecule has 150 valence electrons. The Bertz CT molecular complexity index is 1500. The number of para-hydroxylation sites is 1. The number of nitrogens with one attached hydrogen (secondary N) is 1. The fourth-order valence-corrected chi connectivity index (χ4v) is 4.40. The summed E-state index contributed by atoms with van der Waals surface area (Å²) in [5.74, 6) is -2.15. The van der Waals surface area contributed by atoms with Gasteiger partial charge in [0.2, 0.25) is 5.56 Å². The average Bonchev–Trinajstić information content (AvgIpc) is 3.29. The van der Waals surface area contributed by atoms with Gasteiger partial charge in [-0.15, -0.1) is 11.3 Å². The van der Waals surface area contributed by atoms with E-state index in [4.69, 9.17) is 0 Å². The Hall–Kier alpha value is -3.46. The Kier molecular flexibility index (Phi) is 4.21. The molecule has 9 heteroatoms. The molecule has 3 aromatic heterocycles. The molecule has 0 amide bonds. The van der Waals surface area contributed by atoms with Gasteiger partial charge in [0.25, 0.3) is 0 Å². The molecule has 3 heterocycles. The number of benzene rings is 2. The molecule has 0 atom stereocenters. The van der Waals surface area contributed by atoms with Crippen molar-refractivity contribution in [2.45, 2.75) is 13.5 Å². The van der Waals surface area contributed by atoms with E-state index in [0.717, 1.165) is 16.6 Å². The van der Waals surface area contributed by atoms with Gasteiger partial charge in [0.1, 0.15) is 5.52 Å². The summed E-state index contributed by atoms with van der Waals surface area (Å²) in [6.07, 6.45) is 0. The molecule has 0 aliphatic rings. The van der Waals surface area contributed by atoms with Gasteiger partial charge >= 0.3 is 0 Å².